The number of benzene rings is 5. The summed E-state index contributed by atoms with van der Waals surface area (Å²) in [5.41, 5.74) is 7.87. The van der Waals surface area contributed by atoms with Crippen LogP contribution in [0.25, 0.3) is 61.1 Å². The van der Waals surface area contributed by atoms with Crippen molar-refractivity contribution < 1.29 is 0 Å². The fourth-order valence-electron chi connectivity index (χ4n) is 6.20. The summed E-state index contributed by atoms with van der Waals surface area (Å²) in [5, 5.41) is 50.5. The molecule has 0 bridgehead atoms. The summed E-state index contributed by atoms with van der Waals surface area (Å²) in [6.07, 6.45) is 0. The van der Waals surface area contributed by atoms with Gasteiger partial charge in [-0.3, -0.25) is 0 Å². The minimum atomic E-state index is 0.375. The zero-order valence-electron chi connectivity index (χ0n) is 26.2. The van der Waals surface area contributed by atoms with Crippen molar-refractivity contribution in [2.75, 3.05) is 0 Å². The molecule has 0 saturated heterocycles. The molecule has 0 spiro atoms. The van der Waals surface area contributed by atoms with E-state index < -0.39 is 0 Å². The Morgan fingerprint density at radius 2 is 0.898 bits per heavy atom. The Hall–Kier alpha value is -7.64. The van der Waals surface area contributed by atoms with Gasteiger partial charge in [0.25, 0.3) is 0 Å². The van der Waals surface area contributed by atoms with Crippen molar-refractivity contribution in [2.45, 2.75) is 13.8 Å². The lowest BCUT2D eigenvalue weighted by Crippen LogP contribution is -2.04. The molecule has 0 aliphatic carbocycles. The van der Waals surface area contributed by atoms with Crippen LogP contribution >= 0.6 is 0 Å². The van der Waals surface area contributed by atoms with Gasteiger partial charge in [-0.1, -0.05) is 24.3 Å². The van der Waals surface area contributed by atoms with E-state index in [9.17, 15) is 26.3 Å². The van der Waals surface area contributed by atoms with E-state index in [-0.39, 0.29) is 0 Å². The van der Waals surface area contributed by atoms with Crippen LogP contribution in [-0.4, -0.2) is 19.5 Å². The maximum atomic E-state index is 10.0. The molecule has 0 amide bonds. The summed E-state index contributed by atoms with van der Waals surface area (Å²) >= 11 is 0. The third-order valence-electron chi connectivity index (χ3n) is 8.28. The average molecular weight is 628 g/mol. The fourth-order valence-corrected chi connectivity index (χ4v) is 6.20. The van der Waals surface area contributed by atoms with Gasteiger partial charge in [0.1, 0.15) is 11.6 Å². The number of nitrogens with zero attached hydrogens (tertiary/aromatic N) is 9. The van der Waals surface area contributed by atoms with Gasteiger partial charge in [-0.15, -0.1) is 0 Å². The van der Waals surface area contributed by atoms with E-state index in [1.54, 1.807) is 62.4 Å². The monoisotopic (exact) mass is 627 g/mol. The van der Waals surface area contributed by atoms with Crippen LogP contribution in [0.1, 0.15) is 39.5 Å². The van der Waals surface area contributed by atoms with Gasteiger partial charge in [0, 0.05) is 16.3 Å². The maximum Gasteiger partial charge on any atom is 0.165 e. The first-order valence-electron chi connectivity index (χ1n) is 15.1. The summed E-state index contributed by atoms with van der Waals surface area (Å²) in [4.78, 5) is 13.7. The molecule has 2 heterocycles. The van der Waals surface area contributed by atoms with Gasteiger partial charge in [0.15, 0.2) is 5.82 Å². The van der Waals surface area contributed by atoms with Gasteiger partial charge in [-0.2, -0.15) is 26.3 Å². The molecule has 49 heavy (non-hydrogen) atoms. The third-order valence-corrected chi connectivity index (χ3v) is 8.28. The SMILES string of the molecule is Cc1nc(C)nc(-c2ccc(C#N)cc2-n2c3cc(-c4cc(C#N)cc(C#N)c4)ccc3c3ccc(-c4cc(C#N)cc(C#N)c4)cc32)n1. The van der Waals surface area contributed by atoms with Crippen LogP contribution < -0.4 is 0 Å². The lowest BCUT2D eigenvalue weighted by atomic mass is 9.98. The van der Waals surface area contributed by atoms with Crippen molar-refractivity contribution in [3.63, 3.8) is 0 Å². The first-order chi connectivity index (χ1) is 23.8. The summed E-state index contributed by atoms with van der Waals surface area (Å²) in [7, 11) is 0. The quantitative estimate of drug-likeness (QED) is 0.190. The molecule has 0 unspecified atom stereocenters. The lowest BCUT2D eigenvalue weighted by molar-refractivity contribution is 0.926. The van der Waals surface area contributed by atoms with Gasteiger partial charge >= 0.3 is 0 Å². The Balaban J connectivity index is 1.60. The van der Waals surface area contributed by atoms with E-state index in [0.717, 1.165) is 32.9 Å². The van der Waals surface area contributed by atoms with E-state index >= 15 is 0 Å². The predicted octanol–water partition coefficient (Wildman–Crippen LogP) is 7.94. The van der Waals surface area contributed by atoms with Crippen molar-refractivity contribution in [2.24, 2.45) is 0 Å². The molecule has 0 atom stereocenters. The number of hydrogen-bond donors (Lipinski definition) is 0. The van der Waals surface area contributed by atoms with Gasteiger partial charge in [0.05, 0.1) is 74.9 Å². The molecular weight excluding hydrogens is 607 g/mol. The molecule has 7 aromatic rings. The fraction of sp³-hybridized carbons (Fsp3) is 0.0500. The van der Waals surface area contributed by atoms with E-state index in [1.165, 1.54) is 0 Å². The van der Waals surface area contributed by atoms with Crippen molar-refractivity contribution in [3.05, 3.63) is 130 Å². The smallest absolute Gasteiger partial charge is 0.165 e. The van der Waals surface area contributed by atoms with Gasteiger partial charge in [-0.25, -0.2) is 15.0 Å². The topological polar surface area (TPSA) is 163 Å². The summed E-state index contributed by atoms with van der Waals surface area (Å²) in [6.45, 7) is 3.60. The molecule has 0 radical (unpaired) electrons. The number of nitriles is 5. The highest BCUT2D eigenvalue weighted by Crippen LogP contribution is 2.39. The molecule has 2 aromatic heterocycles. The van der Waals surface area contributed by atoms with Crippen molar-refractivity contribution in [3.8, 4) is 69.7 Å². The number of rotatable bonds is 4. The molecule has 5 aromatic carbocycles. The van der Waals surface area contributed by atoms with Crippen molar-refractivity contribution in [1.29, 1.82) is 26.3 Å². The van der Waals surface area contributed by atoms with E-state index in [1.807, 2.05) is 42.5 Å². The summed E-state index contributed by atoms with van der Waals surface area (Å²) in [6, 6.07) is 38.2. The van der Waals surface area contributed by atoms with Gasteiger partial charge in [0.2, 0.25) is 0 Å². The van der Waals surface area contributed by atoms with Crippen LogP contribution in [0.5, 0.6) is 0 Å². The van der Waals surface area contributed by atoms with Gasteiger partial charge < -0.3 is 4.57 Å². The molecule has 9 heteroatoms. The standard InChI is InChI=1S/C40H21N9/c1-23-46-24(2)48-40(47-23)36-6-3-25(18-41)15-37(36)49-38-16-30(32-11-26(19-42)9-27(12-32)20-43)4-7-34(38)35-8-5-31(17-39(35)49)33-13-28(21-44)10-29(14-33)22-45/h3-17H,1-2H3. The molecule has 7 rings (SSSR count). The normalized spacial score (nSPS) is 10.6. The summed E-state index contributed by atoms with van der Waals surface area (Å²) in [5.74, 6) is 1.56. The van der Waals surface area contributed by atoms with E-state index in [2.05, 4.69) is 49.9 Å². The Morgan fingerprint density at radius 1 is 0.449 bits per heavy atom. The minimum absolute atomic E-state index is 0.375. The molecule has 0 aliphatic heterocycles. The lowest BCUT2D eigenvalue weighted by Gasteiger charge is -2.15. The number of fused-ring (bicyclic) bond motifs is 3. The van der Waals surface area contributed by atoms with Crippen molar-refractivity contribution in [1.82, 2.24) is 19.5 Å². The second kappa shape index (κ2) is 11.9. The first kappa shape index (κ1) is 30.0. The molecule has 0 saturated carbocycles. The molecular formula is C40H21N9. The Morgan fingerprint density at radius 3 is 1.33 bits per heavy atom. The molecule has 0 N–H and O–H groups in total. The Labute approximate surface area is 281 Å². The molecule has 0 aliphatic rings. The van der Waals surface area contributed by atoms with Crippen LogP contribution in [0.4, 0.5) is 0 Å². The average Bonchev–Trinajstić information content (AvgIpc) is 3.46. The second-order valence-electron chi connectivity index (χ2n) is 11.4. The predicted molar refractivity (Wildman–Crippen MR) is 184 cm³/mol. The molecule has 9 nitrogen and oxygen atoms in total. The number of hydrogen-bond acceptors (Lipinski definition) is 8. The first-order valence-corrected chi connectivity index (χ1v) is 15.1. The Bertz CT molecular complexity index is 2540. The number of aromatic nitrogens is 4. The highest BCUT2D eigenvalue weighted by atomic mass is 15.0. The van der Waals surface area contributed by atoms with Crippen LogP contribution in [0.15, 0.2) is 91.0 Å². The van der Waals surface area contributed by atoms with E-state index in [0.29, 0.717) is 67.7 Å². The third kappa shape index (κ3) is 5.35. The van der Waals surface area contributed by atoms with Crippen molar-refractivity contribution >= 4 is 21.8 Å². The highest BCUT2D eigenvalue weighted by Gasteiger charge is 2.20. The molecule has 0 fully saturated rings. The summed E-state index contributed by atoms with van der Waals surface area (Å²) < 4.78 is 2.06. The van der Waals surface area contributed by atoms with Crippen LogP contribution in [-0.2, 0) is 0 Å². The van der Waals surface area contributed by atoms with E-state index in [4.69, 9.17) is 0 Å². The highest BCUT2D eigenvalue weighted by molar-refractivity contribution is 6.11. The molecule has 226 valence electrons. The maximum absolute atomic E-state index is 10.0. The van der Waals surface area contributed by atoms with Crippen LogP contribution in [0.2, 0.25) is 0 Å². The minimum Gasteiger partial charge on any atom is -0.308 e. The largest absolute Gasteiger partial charge is 0.308 e. The number of aryl methyl sites for hydroxylation is 2. The van der Waals surface area contributed by atoms with Crippen LogP contribution in [0, 0.1) is 70.5 Å². The Kier molecular flexibility index (Phi) is 7.32. The zero-order valence-corrected chi connectivity index (χ0v) is 26.2. The van der Waals surface area contributed by atoms with Gasteiger partial charge in [-0.05, 0) is 103 Å². The zero-order chi connectivity index (χ0) is 34.2. The van der Waals surface area contributed by atoms with Crippen LogP contribution in [0.3, 0.4) is 0 Å². The second-order valence-corrected chi connectivity index (χ2v) is 11.4.